The van der Waals surface area contributed by atoms with Gasteiger partial charge in [-0.3, -0.25) is 0 Å². The molecule has 0 spiro atoms. The number of hydrogen-bond donors (Lipinski definition) is 3. The summed E-state index contributed by atoms with van der Waals surface area (Å²) in [5.74, 6) is 2.11. The van der Waals surface area contributed by atoms with Crippen LogP contribution in [0, 0.1) is 0 Å². The molecular weight excluding hydrogens is 278 g/mol. The Kier molecular flexibility index (Phi) is 6.15. The van der Waals surface area contributed by atoms with Crippen molar-refractivity contribution in [1.29, 1.82) is 0 Å². The predicted molar refractivity (Wildman–Crippen MR) is 81.4 cm³/mol. The van der Waals surface area contributed by atoms with Gasteiger partial charge in [-0.05, 0) is 6.42 Å². The van der Waals surface area contributed by atoms with Gasteiger partial charge in [0.25, 0.3) is 0 Å². The molecule has 0 aliphatic carbocycles. The van der Waals surface area contributed by atoms with Crippen LogP contribution < -0.4 is 15.8 Å². The van der Waals surface area contributed by atoms with Gasteiger partial charge in [-0.1, -0.05) is 20.8 Å². The quantitative estimate of drug-likeness (QED) is 0.663. The average molecular weight is 301 g/mol. The summed E-state index contributed by atoms with van der Waals surface area (Å²) in [6.45, 7) is 7.13. The molecule has 0 atom stereocenters. The van der Waals surface area contributed by atoms with Gasteiger partial charge >= 0.3 is 0 Å². The van der Waals surface area contributed by atoms with Gasteiger partial charge in [0.15, 0.2) is 0 Å². The van der Waals surface area contributed by atoms with Crippen molar-refractivity contribution in [3.05, 3.63) is 11.9 Å². The molecule has 0 aliphatic heterocycles. The maximum atomic E-state index is 10.9. The predicted octanol–water partition coefficient (Wildman–Crippen LogP) is 1.12. The lowest BCUT2D eigenvalue weighted by Crippen LogP contribution is -2.23. The third-order valence-corrected chi connectivity index (χ3v) is 3.28. The van der Waals surface area contributed by atoms with Crippen LogP contribution in [0.3, 0.4) is 0 Å². The number of sulfonamides is 1. The molecule has 0 fully saturated rings. The van der Waals surface area contributed by atoms with E-state index in [4.69, 9.17) is 5.14 Å². The molecule has 7 nitrogen and oxygen atoms in total. The fourth-order valence-electron chi connectivity index (χ4n) is 1.48. The van der Waals surface area contributed by atoms with Gasteiger partial charge in [-0.2, -0.15) is 0 Å². The molecule has 0 aromatic carbocycles. The van der Waals surface area contributed by atoms with Gasteiger partial charge in [0.2, 0.25) is 10.0 Å². The summed E-state index contributed by atoms with van der Waals surface area (Å²) in [6.07, 6.45) is 0.995. The molecule has 1 heterocycles. The van der Waals surface area contributed by atoms with Gasteiger partial charge < -0.3 is 10.6 Å². The minimum atomic E-state index is -3.47. The number of nitrogens with zero attached hydrogens (tertiary/aromatic N) is 2. The molecule has 0 bridgehead atoms. The number of anilines is 2. The molecule has 1 aromatic heterocycles. The van der Waals surface area contributed by atoms with Crippen molar-refractivity contribution in [2.45, 2.75) is 33.1 Å². The second-order valence-corrected chi connectivity index (χ2v) is 6.61. The zero-order valence-electron chi connectivity index (χ0n) is 12.2. The fraction of sp³-hybridized carbons (Fsp3) is 0.667. The molecule has 0 amide bonds. The monoisotopic (exact) mass is 301 g/mol. The van der Waals surface area contributed by atoms with Gasteiger partial charge in [0.05, 0.1) is 5.75 Å². The minimum Gasteiger partial charge on any atom is -0.370 e. The molecule has 8 heteroatoms. The van der Waals surface area contributed by atoms with Crippen LogP contribution in [-0.4, -0.2) is 37.2 Å². The van der Waals surface area contributed by atoms with Crippen molar-refractivity contribution < 1.29 is 8.42 Å². The van der Waals surface area contributed by atoms with Crippen LogP contribution in [0.25, 0.3) is 0 Å². The first-order valence-corrected chi connectivity index (χ1v) is 8.40. The van der Waals surface area contributed by atoms with E-state index in [-0.39, 0.29) is 18.2 Å². The molecule has 0 unspecified atom stereocenters. The zero-order valence-corrected chi connectivity index (χ0v) is 13.0. The van der Waals surface area contributed by atoms with Crippen molar-refractivity contribution in [1.82, 2.24) is 9.97 Å². The lowest BCUT2D eigenvalue weighted by atomic mass is 10.2. The van der Waals surface area contributed by atoms with E-state index in [1.165, 1.54) is 0 Å². The highest BCUT2D eigenvalue weighted by molar-refractivity contribution is 7.89. The van der Waals surface area contributed by atoms with Crippen LogP contribution in [0.5, 0.6) is 0 Å². The Hall–Kier alpha value is -1.41. The van der Waals surface area contributed by atoms with Crippen LogP contribution >= 0.6 is 0 Å². The summed E-state index contributed by atoms with van der Waals surface area (Å²) in [5, 5.41) is 11.1. The molecule has 20 heavy (non-hydrogen) atoms. The summed E-state index contributed by atoms with van der Waals surface area (Å²) in [7, 11) is -3.47. The van der Waals surface area contributed by atoms with E-state index in [9.17, 15) is 8.42 Å². The minimum absolute atomic E-state index is 0.133. The maximum Gasteiger partial charge on any atom is 0.210 e. The van der Waals surface area contributed by atoms with E-state index < -0.39 is 10.0 Å². The number of primary sulfonamides is 1. The molecule has 1 rings (SSSR count). The largest absolute Gasteiger partial charge is 0.370 e. The van der Waals surface area contributed by atoms with E-state index in [1.54, 1.807) is 6.07 Å². The van der Waals surface area contributed by atoms with E-state index in [0.717, 1.165) is 18.8 Å². The van der Waals surface area contributed by atoms with E-state index in [2.05, 4.69) is 27.5 Å². The zero-order chi connectivity index (χ0) is 15.2. The molecule has 0 saturated heterocycles. The lowest BCUT2D eigenvalue weighted by molar-refractivity contribution is 0.598. The standard InChI is InChI=1S/C12H23N5O2S/c1-4-5-14-10-8-11(15-6-7-20(13,18)19)17-12(16-10)9(2)3/h8-9H,4-7H2,1-3H3,(H2,13,18,19)(H2,14,15,16,17). The number of aromatic nitrogens is 2. The van der Waals surface area contributed by atoms with Crippen LogP contribution in [0.1, 0.15) is 38.9 Å². The van der Waals surface area contributed by atoms with Gasteiger partial charge in [-0.15, -0.1) is 0 Å². The molecule has 1 aromatic rings. The first kappa shape index (κ1) is 16.6. The third-order valence-electron chi connectivity index (χ3n) is 2.51. The van der Waals surface area contributed by atoms with Gasteiger partial charge in [-0.25, -0.2) is 23.5 Å². The van der Waals surface area contributed by atoms with Crippen molar-refractivity contribution in [2.24, 2.45) is 5.14 Å². The van der Waals surface area contributed by atoms with Crippen molar-refractivity contribution >= 4 is 21.7 Å². The Morgan fingerprint density at radius 3 is 2.20 bits per heavy atom. The summed E-state index contributed by atoms with van der Waals surface area (Å²) in [6, 6.07) is 1.77. The Morgan fingerprint density at radius 2 is 1.75 bits per heavy atom. The smallest absolute Gasteiger partial charge is 0.210 e. The topological polar surface area (TPSA) is 110 Å². The lowest BCUT2D eigenvalue weighted by Gasteiger charge is -2.12. The molecular formula is C12H23N5O2S. The first-order chi connectivity index (χ1) is 9.31. The Morgan fingerprint density at radius 1 is 1.20 bits per heavy atom. The van der Waals surface area contributed by atoms with Gasteiger partial charge in [0, 0.05) is 25.1 Å². The Bertz CT molecular complexity index is 531. The Balaban J connectivity index is 2.80. The molecule has 0 radical (unpaired) electrons. The highest BCUT2D eigenvalue weighted by Gasteiger charge is 2.09. The SMILES string of the molecule is CCCNc1cc(NCCS(N)(=O)=O)nc(C(C)C)n1. The number of rotatable bonds is 8. The second-order valence-electron chi connectivity index (χ2n) is 4.87. The number of hydrogen-bond acceptors (Lipinski definition) is 6. The molecule has 114 valence electrons. The summed E-state index contributed by atoms with van der Waals surface area (Å²) in [4.78, 5) is 8.78. The third kappa shape index (κ3) is 6.16. The molecule has 0 aliphatic rings. The summed E-state index contributed by atoms with van der Waals surface area (Å²) < 4.78 is 21.8. The van der Waals surface area contributed by atoms with Crippen molar-refractivity contribution in [3.63, 3.8) is 0 Å². The van der Waals surface area contributed by atoms with Crippen molar-refractivity contribution in [3.8, 4) is 0 Å². The van der Waals surface area contributed by atoms with Gasteiger partial charge in [0.1, 0.15) is 17.5 Å². The molecule has 0 saturated carbocycles. The van der Waals surface area contributed by atoms with Crippen LogP contribution in [0.4, 0.5) is 11.6 Å². The second kappa shape index (κ2) is 7.39. The van der Waals surface area contributed by atoms with E-state index in [1.807, 2.05) is 13.8 Å². The van der Waals surface area contributed by atoms with Crippen molar-refractivity contribution in [2.75, 3.05) is 29.5 Å². The summed E-state index contributed by atoms with van der Waals surface area (Å²) in [5.41, 5.74) is 0. The normalized spacial score (nSPS) is 11.7. The summed E-state index contributed by atoms with van der Waals surface area (Å²) >= 11 is 0. The molecule has 4 N–H and O–H groups in total. The average Bonchev–Trinajstić information content (AvgIpc) is 2.34. The number of nitrogens with two attached hydrogens (primary N) is 1. The van der Waals surface area contributed by atoms with Crippen LogP contribution in [0.2, 0.25) is 0 Å². The maximum absolute atomic E-state index is 10.9. The van der Waals surface area contributed by atoms with E-state index in [0.29, 0.717) is 11.6 Å². The van der Waals surface area contributed by atoms with Crippen LogP contribution in [-0.2, 0) is 10.0 Å². The fourth-order valence-corrected chi connectivity index (χ4v) is 1.87. The highest BCUT2D eigenvalue weighted by atomic mass is 32.2. The first-order valence-electron chi connectivity index (χ1n) is 6.69. The highest BCUT2D eigenvalue weighted by Crippen LogP contribution is 2.16. The Labute approximate surface area is 120 Å². The van der Waals surface area contributed by atoms with E-state index >= 15 is 0 Å². The number of nitrogens with one attached hydrogen (secondary N) is 2. The van der Waals surface area contributed by atoms with Crippen LogP contribution in [0.15, 0.2) is 6.07 Å².